The molecule has 0 aromatic heterocycles. The summed E-state index contributed by atoms with van der Waals surface area (Å²) in [5.41, 5.74) is 7.81. The Bertz CT molecular complexity index is 825. The number of carbonyl (C=O) groups excluding carboxylic acids is 3. The van der Waals surface area contributed by atoms with Crippen molar-refractivity contribution in [2.75, 3.05) is 7.11 Å². The highest BCUT2D eigenvalue weighted by molar-refractivity contribution is 5.86. The molecule has 2 aliphatic rings. The summed E-state index contributed by atoms with van der Waals surface area (Å²) in [6.45, 7) is -0.0388. The number of amides is 1. The van der Waals surface area contributed by atoms with Gasteiger partial charge in [0.2, 0.25) is 0 Å². The van der Waals surface area contributed by atoms with Crippen LogP contribution in [0.5, 0.6) is 0 Å². The Balaban J connectivity index is 1.89. The zero-order chi connectivity index (χ0) is 20.3. The van der Waals surface area contributed by atoms with Gasteiger partial charge in [0, 0.05) is 24.2 Å². The molecule has 1 amide bonds. The monoisotopic (exact) mass is 388 g/mol. The van der Waals surface area contributed by atoms with Crippen molar-refractivity contribution in [3.63, 3.8) is 0 Å². The third-order valence-corrected chi connectivity index (χ3v) is 5.27. The number of fused-ring (bicyclic) bond motifs is 1. The lowest BCUT2D eigenvalue weighted by Crippen LogP contribution is -2.58. The van der Waals surface area contributed by atoms with Crippen LogP contribution in [-0.2, 0) is 25.7 Å². The fourth-order valence-corrected chi connectivity index (χ4v) is 3.91. The number of methoxy groups -OCH3 is 1. The van der Waals surface area contributed by atoms with E-state index in [1.807, 2.05) is 6.07 Å². The van der Waals surface area contributed by atoms with E-state index in [-0.39, 0.29) is 31.7 Å². The molecule has 0 radical (unpaired) electrons. The van der Waals surface area contributed by atoms with Crippen LogP contribution in [0.4, 0.5) is 4.79 Å². The molecule has 1 aliphatic carbocycles. The molecular weight excluding hydrogens is 368 g/mol. The van der Waals surface area contributed by atoms with Gasteiger partial charge in [-0.05, 0) is 11.1 Å². The Morgan fingerprint density at radius 2 is 2.07 bits per heavy atom. The molecule has 10 nitrogen and oxygen atoms in total. The third kappa shape index (κ3) is 3.51. The van der Waals surface area contributed by atoms with Crippen molar-refractivity contribution >= 4 is 17.8 Å². The Kier molecular flexibility index (Phi) is 5.53. The van der Waals surface area contributed by atoms with Gasteiger partial charge in [-0.3, -0.25) is 9.69 Å². The van der Waals surface area contributed by atoms with Crippen molar-refractivity contribution in [3.05, 3.63) is 46.3 Å². The third-order valence-electron chi connectivity index (χ3n) is 5.27. The van der Waals surface area contributed by atoms with Crippen molar-refractivity contribution in [1.82, 2.24) is 4.90 Å². The van der Waals surface area contributed by atoms with Gasteiger partial charge >= 0.3 is 12.1 Å². The Morgan fingerprint density at radius 3 is 2.71 bits per heavy atom. The predicted octanol–water partition coefficient (Wildman–Crippen LogP) is 1.71. The molecule has 1 heterocycles. The lowest BCUT2D eigenvalue weighted by Gasteiger charge is -2.40. The van der Waals surface area contributed by atoms with Crippen LogP contribution in [0.3, 0.4) is 0 Å². The van der Waals surface area contributed by atoms with Crippen LogP contribution in [0, 0.1) is 0 Å². The smallest absolute Gasteiger partial charge is 0.411 e. The Labute approximate surface area is 160 Å². The summed E-state index contributed by atoms with van der Waals surface area (Å²) >= 11 is 0. The van der Waals surface area contributed by atoms with Crippen LogP contribution in [0.1, 0.15) is 24.8 Å². The van der Waals surface area contributed by atoms with E-state index in [2.05, 4.69) is 10.0 Å². The first-order valence-electron chi connectivity index (χ1n) is 8.76. The van der Waals surface area contributed by atoms with E-state index in [1.54, 1.807) is 24.3 Å². The molecule has 1 saturated carbocycles. The minimum Gasteiger partial charge on any atom is -0.467 e. The number of ketones is 1. The minimum absolute atomic E-state index is 0.0388. The molecule has 0 bridgehead atoms. The van der Waals surface area contributed by atoms with E-state index in [0.717, 1.165) is 17.6 Å². The maximum absolute atomic E-state index is 12.8. The first-order chi connectivity index (χ1) is 13.4. The lowest BCUT2D eigenvalue weighted by atomic mass is 9.76. The highest BCUT2D eigenvalue weighted by Gasteiger charge is 2.62. The number of esters is 1. The largest absolute Gasteiger partial charge is 0.467 e. The molecule has 0 unspecified atom stereocenters. The normalized spacial score (nSPS) is 28.9. The molecule has 10 heteroatoms. The van der Waals surface area contributed by atoms with Crippen LogP contribution >= 0.6 is 0 Å². The zero-order valence-electron chi connectivity index (χ0n) is 15.2. The number of carbonyl (C=O) groups is 3. The Morgan fingerprint density at radius 1 is 1.36 bits per heavy atom. The summed E-state index contributed by atoms with van der Waals surface area (Å²) in [5, 5.41) is 14.7. The van der Waals surface area contributed by atoms with Gasteiger partial charge in [0.25, 0.3) is 0 Å². The number of hydrogen-bond acceptors (Lipinski definition) is 7. The van der Waals surface area contributed by atoms with Crippen molar-refractivity contribution in [3.8, 4) is 0 Å². The first kappa shape index (κ1) is 19.7. The summed E-state index contributed by atoms with van der Waals surface area (Å²) in [5.74, 6) is -1.02. The van der Waals surface area contributed by atoms with Gasteiger partial charge in [-0.25, -0.2) is 9.59 Å². The van der Waals surface area contributed by atoms with Gasteiger partial charge < -0.3 is 14.6 Å². The van der Waals surface area contributed by atoms with E-state index >= 15 is 0 Å². The molecule has 4 atom stereocenters. The van der Waals surface area contributed by atoms with Crippen LogP contribution in [0.15, 0.2) is 35.4 Å². The van der Waals surface area contributed by atoms with E-state index in [1.165, 1.54) is 0 Å². The molecule has 1 aromatic rings. The van der Waals surface area contributed by atoms with E-state index < -0.39 is 35.8 Å². The van der Waals surface area contributed by atoms with Crippen LogP contribution < -0.4 is 0 Å². The van der Waals surface area contributed by atoms with Gasteiger partial charge in [0.05, 0.1) is 24.8 Å². The highest BCUT2D eigenvalue weighted by atomic mass is 16.6. The van der Waals surface area contributed by atoms with Crippen LogP contribution in [0.2, 0.25) is 0 Å². The predicted molar refractivity (Wildman–Crippen MR) is 94.8 cm³/mol. The second kappa shape index (κ2) is 7.87. The van der Waals surface area contributed by atoms with Crippen molar-refractivity contribution in [2.24, 2.45) is 5.11 Å². The highest BCUT2D eigenvalue weighted by Crippen LogP contribution is 2.44. The number of ether oxygens (including phenoxy) is 2. The second-order valence-corrected chi connectivity index (χ2v) is 6.87. The quantitative estimate of drug-likeness (QED) is 0.360. The molecule has 1 N–H and O–H groups in total. The van der Waals surface area contributed by atoms with Crippen molar-refractivity contribution in [2.45, 2.75) is 49.6 Å². The lowest BCUT2D eigenvalue weighted by molar-refractivity contribution is -0.146. The zero-order valence-corrected chi connectivity index (χ0v) is 15.2. The molecule has 2 fully saturated rings. The summed E-state index contributed by atoms with van der Waals surface area (Å²) in [4.78, 5) is 40.9. The molecule has 1 aliphatic heterocycles. The molecule has 28 heavy (non-hydrogen) atoms. The van der Waals surface area contributed by atoms with Gasteiger partial charge in [0.15, 0.2) is 0 Å². The average Bonchev–Trinajstić information content (AvgIpc) is 3.00. The standard InChI is InChI=1S/C18H20N4O6/c1-27-16(24)13-9-18(26)14(20-21-19)7-12(23)8-15(18)22(13)17(25)28-10-11-5-3-2-4-6-11/h2-6,13-15,26H,7-10H2,1H3/t13-,14+,15+,18+/m0/s1. The topological polar surface area (TPSA) is 142 Å². The number of rotatable bonds is 4. The number of benzene rings is 1. The average molecular weight is 388 g/mol. The maximum atomic E-state index is 12.8. The number of hydrogen-bond donors (Lipinski definition) is 1. The fraction of sp³-hybridized carbons (Fsp3) is 0.500. The number of Topliss-reactive ketones (excluding diaryl/α,β-unsaturated/α-hetero) is 1. The van der Waals surface area contributed by atoms with E-state index in [4.69, 9.17) is 15.0 Å². The van der Waals surface area contributed by atoms with Gasteiger partial charge in [-0.15, -0.1) is 0 Å². The van der Waals surface area contributed by atoms with Crippen LogP contribution in [-0.4, -0.2) is 58.7 Å². The first-order valence-corrected chi connectivity index (χ1v) is 8.76. The van der Waals surface area contributed by atoms with E-state index in [0.29, 0.717) is 0 Å². The summed E-state index contributed by atoms with van der Waals surface area (Å²) < 4.78 is 10.1. The fourth-order valence-electron chi connectivity index (χ4n) is 3.91. The SMILES string of the molecule is COC(=O)[C@@H]1C[C@@]2(O)[C@H](N=[N+]=[N-])CC(=O)C[C@H]2N1C(=O)OCc1ccccc1. The van der Waals surface area contributed by atoms with Gasteiger partial charge in [-0.2, -0.15) is 0 Å². The minimum atomic E-state index is -1.72. The molecule has 148 valence electrons. The summed E-state index contributed by atoms with van der Waals surface area (Å²) in [7, 11) is 1.16. The van der Waals surface area contributed by atoms with Gasteiger partial charge in [0.1, 0.15) is 18.4 Å². The van der Waals surface area contributed by atoms with Crippen molar-refractivity contribution < 1.29 is 29.0 Å². The summed E-state index contributed by atoms with van der Waals surface area (Å²) in [6, 6.07) is 5.67. The van der Waals surface area contributed by atoms with Crippen molar-refractivity contribution in [1.29, 1.82) is 0 Å². The number of likely N-dealkylation sites (tertiary alicyclic amines) is 1. The van der Waals surface area contributed by atoms with Crippen LogP contribution in [0.25, 0.3) is 10.4 Å². The molecule has 1 aromatic carbocycles. The van der Waals surface area contributed by atoms with E-state index in [9.17, 15) is 19.5 Å². The second-order valence-electron chi connectivity index (χ2n) is 6.87. The summed E-state index contributed by atoms with van der Waals surface area (Å²) in [6.07, 6.45) is -1.38. The molecule has 0 spiro atoms. The number of azide groups is 1. The Hall–Kier alpha value is -3.10. The number of aliphatic hydroxyl groups is 1. The molecule has 3 rings (SSSR count). The molecule has 1 saturated heterocycles. The molecular formula is C18H20N4O6. The van der Waals surface area contributed by atoms with Gasteiger partial charge in [-0.1, -0.05) is 35.4 Å². The maximum Gasteiger partial charge on any atom is 0.411 e. The number of nitrogens with zero attached hydrogens (tertiary/aromatic N) is 4.